The molecule has 3 amide bonds. The normalized spacial score (nSPS) is 10.7. The third kappa shape index (κ3) is 5.93. The maximum atomic E-state index is 12.9. The number of carbonyl (C=O) groups excluding carboxylic acids is 2. The quantitative estimate of drug-likeness (QED) is 0.484. The summed E-state index contributed by atoms with van der Waals surface area (Å²) in [6.07, 6.45) is 0. The SMILES string of the molecule is CONc1ccc(C(=O)N(C)C)c(S(=O)(=O)NC(=O)Nc2nc(OC)cc(OC)n2)c1. The molecule has 0 saturated heterocycles. The van der Waals surface area contributed by atoms with Crippen LogP contribution >= 0.6 is 0 Å². The monoisotopic (exact) mass is 454 g/mol. The van der Waals surface area contributed by atoms with Crippen LogP contribution in [-0.2, 0) is 14.9 Å². The van der Waals surface area contributed by atoms with E-state index in [2.05, 4.69) is 20.8 Å². The van der Waals surface area contributed by atoms with Crippen LogP contribution in [0.2, 0.25) is 0 Å². The van der Waals surface area contributed by atoms with Gasteiger partial charge in [0.15, 0.2) is 0 Å². The van der Waals surface area contributed by atoms with Crippen molar-refractivity contribution in [3.8, 4) is 11.8 Å². The standard InChI is InChI=1S/C17H22N6O7S/c1-23(2)15(24)11-7-6-10(21-30-5)8-12(11)31(26,27)22-17(25)20-16-18-13(28-3)9-14(19-16)29-4/h6-9,21H,1-5H3,(H2,18,19,20,22,25). The first-order valence-electron chi connectivity index (χ1n) is 8.56. The van der Waals surface area contributed by atoms with Crippen LogP contribution in [0.15, 0.2) is 29.2 Å². The second-order valence-electron chi connectivity index (χ2n) is 6.05. The first-order valence-corrected chi connectivity index (χ1v) is 10.0. The predicted molar refractivity (Wildman–Crippen MR) is 110 cm³/mol. The molecule has 0 fully saturated rings. The maximum Gasteiger partial charge on any atom is 0.335 e. The second-order valence-corrected chi connectivity index (χ2v) is 7.70. The van der Waals surface area contributed by atoms with E-state index in [1.165, 1.54) is 58.5 Å². The lowest BCUT2D eigenvalue weighted by atomic mass is 10.2. The van der Waals surface area contributed by atoms with E-state index < -0.39 is 26.9 Å². The fourth-order valence-electron chi connectivity index (χ4n) is 2.32. The van der Waals surface area contributed by atoms with E-state index in [1.54, 1.807) is 0 Å². The number of carbonyl (C=O) groups is 2. The lowest BCUT2D eigenvalue weighted by molar-refractivity contribution is 0.0823. The van der Waals surface area contributed by atoms with E-state index in [9.17, 15) is 18.0 Å². The molecule has 0 spiro atoms. The van der Waals surface area contributed by atoms with Crippen molar-refractivity contribution in [3.63, 3.8) is 0 Å². The first kappa shape index (κ1) is 23.6. The molecule has 0 aliphatic rings. The summed E-state index contributed by atoms with van der Waals surface area (Å²) in [6, 6.07) is 4.11. The average molecular weight is 454 g/mol. The van der Waals surface area contributed by atoms with Crippen molar-refractivity contribution in [3.05, 3.63) is 29.8 Å². The second kappa shape index (κ2) is 9.90. The van der Waals surface area contributed by atoms with Crippen molar-refractivity contribution < 1.29 is 32.3 Å². The van der Waals surface area contributed by atoms with Gasteiger partial charge in [-0.25, -0.2) is 17.9 Å². The molecule has 0 saturated carbocycles. The number of nitrogens with zero attached hydrogens (tertiary/aromatic N) is 3. The van der Waals surface area contributed by atoms with E-state index in [0.29, 0.717) is 0 Å². The number of urea groups is 1. The van der Waals surface area contributed by atoms with Crippen molar-refractivity contribution in [2.24, 2.45) is 0 Å². The van der Waals surface area contributed by atoms with E-state index in [-0.39, 0.29) is 29.0 Å². The van der Waals surface area contributed by atoms with Gasteiger partial charge in [0.2, 0.25) is 17.7 Å². The molecule has 0 aliphatic carbocycles. The van der Waals surface area contributed by atoms with Gasteiger partial charge in [0.05, 0.1) is 38.6 Å². The van der Waals surface area contributed by atoms with E-state index in [0.717, 1.165) is 6.07 Å². The Kier molecular flexibility index (Phi) is 7.55. The lowest BCUT2D eigenvalue weighted by Gasteiger charge is -2.16. The number of ether oxygens (including phenoxy) is 2. The van der Waals surface area contributed by atoms with E-state index >= 15 is 0 Å². The van der Waals surface area contributed by atoms with Crippen LogP contribution in [-0.4, -0.2) is 70.6 Å². The minimum Gasteiger partial charge on any atom is -0.481 e. The van der Waals surface area contributed by atoms with Crippen molar-refractivity contribution in [2.45, 2.75) is 4.90 Å². The number of nitrogens with one attached hydrogen (secondary N) is 3. The molecule has 0 radical (unpaired) electrons. The third-order valence-electron chi connectivity index (χ3n) is 3.68. The smallest absolute Gasteiger partial charge is 0.335 e. The summed E-state index contributed by atoms with van der Waals surface area (Å²) in [4.78, 5) is 38.1. The summed E-state index contributed by atoms with van der Waals surface area (Å²) in [5, 5.41) is 2.18. The molecule has 13 nitrogen and oxygen atoms in total. The number of rotatable bonds is 8. The van der Waals surface area contributed by atoms with E-state index in [4.69, 9.17) is 14.3 Å². The zero-order valence-corrected chi connectivity index (χ0v) is 18.2. The summed E-state index contributed by atoms with van der Waals surface area (Å²) >= 11 is 0. The molecule has 14 heteroatoms. The zero-order valence-electron chi connectivity index (χ0n) is 17.4. The van der Waals surface area contributed by atoms with Gasteiger partial charge in [-0.2, -0.15) is 9.97 Å². The summed E-state index contributed by atoms with van der Waals surface area (Å²) in [6.45, 7) is 0. The Morgan fingerprint density at radius 1 is 1.00 bits per heavy atom. The van der Waals surface area contributed by atoms with Gasteiger partial charge in [-0.1, -0.05) is 0 Å². The summed E-state index contributed by atoms with van der Waals surface area (Å²) in [7, 11) is 2.48. The van der Waals surface area contributed by atoms with Crippen molar-refractivity contribution in [2.75, 3.05) is 46.2 Å². The van der Waals surface area contributed by atoms with Gasteiger partial charge >= 0.3 is 6.03 Å². The maximum absolute atomic E-state index is 12.9. The fraction of sp³-hybridized carbons (Fsp3) is 0.294. The largest absolute Gasteiger partial charge is 0.481 e. The highest BCUT2D eigenvalue weighted by atomic mass is 32.2. The van der Waals surface area contributed by atoms with Crippen LogP contribution < -0.4 is 25.0 Å². The van der Waals surface area contributed by atoms with Gasteiger partial charge in [0.1, 0.15) is 4.90 Å². The first-order chi connectivity index (χ1) is 14.6. The number of anilines is 2. The van der Waals surface area contributed by atoms with E-state index in [1.807, 2.05) is 4.72 Å². The summed E-state index contributed by atoms with van der Waals surface area (Å²) < 4.78 is 37.5. The Balaban J connectivity index is 2.35. The molecule has 3 N–H and O–H groups in total. The van der Waals surface area contributed by atoms with Crippen molar-refractivity contribution >= 4 is 33.6 Å². The number of hydrogen-bond donors (Lipinski definition) is 3. The summed E-state index contributed by atoms with van der Waals surface area (Å²) in [5.74, 6) is -0.668. The molecule has 2 aromatic rings. The van der Waals surface area contributed by atoms with Gasteiger partial charge in [0, 0.05) is 14.1 Å². The topological polar surface area (TPSA) is 161 Å². The van der Waals surface area contributed by atoms with Gasteiger partial charge in [-0.3, -0.25) is 20.4 Å². The van der Waals surface area contributed by atoms with Crippen molar-refractivity contribution in [1.82, 2.24) is 19.6 Å². The molecule has 1 heterocycles. The highest BCUT2D eigenvalue weighted by molar-refractivity contribution is 7.90. The molecule has 0 aliphatic heterocycles. The van der Waals surface area contributed by atoms with Gasteiger partial charge in [-0.15, -0.1) is 0 Å². The number of amides is 3. The minimum atomic E-state index is -4.48. The number of methoxy groups -OCH3 is 2. The Hall–Kier alpha value is -3.65. The number of sulfonamides is 1. The number of benzene rings is 1. The predicted octanol–water partition coefficient (Wildman–Crippen LogP) is 0.679. The lowest BCUT2D eigenvalue weighted by Crippen LogP contribution is -2.36. The highest BCUT2D eigenvalue weighted by Gasteiger charge is 2.26. The molecule has 31 heavy (non-hydrogen) atoms. The number of aromatic nitrogens is 2. The Morgan fingerprint density at radius 2 is 1.61 bits per heavy atom. The molecular weight excluding hydrogens is 432 g/mol. The molecule has 1 aromatic heterocycles. The fourth-order valence-corrected chi connectivity index (χ4v) is 3.45. The molecule has 168 valence electrons. The Morgan fingerprint density at radius 3 is 2.13 bits per heavy atom. The Labute approximate surface area is 178 Å². The molecule has 2 rings (SSSR count). The van der Waals surface area contributed by atoms with Crippen LogP contribution in [0.1, 0.15) is 10.4 Å². The van der Waals surface area contributed by atoms with Gasteiger partial charge < -0.3 is 14.4 Å². The number of hydrogen-bond acceptors (Lipinski definition) is 10. The molecule has 0 unspecified atom stereocenters. The zero-order chi connectivity index (χ0) is 23.2. The molecule has 0 bridgehead atoms. The van der Waals surface area contributed by atoms with Crippen LogP contribution in [0, 0.1) is 0 Å². The highest BCUT2D eigenvalue weighted by Crippen LogP contribution is 2.22. The van der Waals surface area contributed by atoms with Crippen LogP contribution in [0.5, 0.6) is 11.8 Å². The van der Waals surface area contributed by atoms with Gasteiger partial charge in [0.25, 0.3) is 15.9 Å². The summed E-state index contributed by atoms with van der Waals surface area (Å²) in [5.41, 5.74) is 2.57. The average Bonchev–Trinajstić information content (AvgIpc) is 2.72. The van der Waals surface area contributed by atoms with Crippen LogP contribution in [0.3, 0.4) is 0 Å². The molecular formula is C17H22N6O7S. The van der Waals surface area contributed by atoms with Crippen molar-refractivity contribution in [1.29, 1.82) is 0 Å². The van der Waals surface area contributed by atoms with Gasteiger partial charge in [-0.05, 0) is 18.2 Å². The molecule has 0 atom stereocenters. The van der Waals surface area contributed by atoms with Crippen LogP contribution in [0.4, 0.5) is 16.4 Å². The minimum absolute atomic E-state index is 0.0854. The Bertz CT molecular complexity index is 1050. The molecule has 1 aromatic carbocycles. The third-order valence-corrected chi connectivity index (χ3v) is 5.05. The van der Waals surface area contributed by atoms with Crippen LogP contribution in [0.25, 0.3) is 0 Å².